The van der Waals surface area contributed by atoms with Gasteiger partial charge in [0.15, 0.2) is 6.10 Å². The van der Waals surface area contributed by atoms with Crippen molar-refractivity contribution >= 4 is 0 Å². The van der Waals surface area contributed by atoms with E-state index in [1.165, 1.54) is 0 Å². The summed E-state index contributed by atoms with van der Waals surface area (Å²) in [5.41, 5.74) is -1.71. The molecule has 1 aliphatic rings. The van der Waals surface area contributed by atoms with E-state index in [-0.39, 0.29) is 0 Å². The zero-order chi connectivity index (χ0) is 13.5. The summed E-state index contributed by atoms with van der Waals surface area (Å²) >= 11 is 0. The van der Waals surface area contributed by atoms with Crippen LogP contribution in [-0.2, 0) is 10.6 Å². The Morgan fingerprint density at radius 3 is 2.61 bits per heavy atom. The molecule has 0 aliphatic carbocycles. The molecule has 1 aromatic rings. The fourth-order valence-corrected chi connectivity index (χ4v) is 1.80. The lowest BCUT2D eigenvalue weighted by molar-refractivity contribution is -0.291. The number of hydrogen-bond donors (Lipinski definition) is 5. The second-order valence-corrected chi connectivity index (χ2v) is 3.91. The highest BCUT2D eigenvalue weighted by atomic mass is 16.7. The van der Waals surface area contributed by atoms with Crippen LogP contribution in [0.4, 0.5) is 0 Å². The normalized spacial score (nSPS) is 35.9. The van der Waals surface area contributed by atoms with Crippen LogP contribution in [-0.4, -0.2) is 54.9 Å². The van der Waals surface area contributed by atoms with Gasteiger partial charge in [0.25, 0.3) is 11.5 Å². The van der Waals surface area contributed by atoms with E-state index in [1.54, 1.807) is 0 Å². The third-order valence-corrected chi connectivity index (χ3v) is 2.76. The topological polar surface area (TPSA) is 145 Å². The van der Waals surface area contributed by atoms with Gasteiger partial charge in [0.1, 0.15) is 12.2 Å². The first-order valence-electron chi connectivity index (χ1n) is 5.10. The maximum Gasteiger partial charge on any atom is 0.332 e. The summed E-state index contributed by atoms with van der Waals surface area (Å²) in [4.78, 5) is 24.2. The van der Waals surface area contributed by atoms with E-state index in [1.807, 2.05) is 4.98 Å². The molecule has 1 saturated heterocycles. The number of aromatic amines is 1. The molecule has 0 amide bonds. The molecule has 5 N–H and O–H groups in total. The fraction of sp³-hybridized carbons (Fsp3) is 0.556. The summed E-state index contributed by atoms with van der Waals surface area (Å²) in [6.07, 6.45) is -3.75. The Labute approximate surface area is 99.5 Å². The van der Waals surface area contributed by atoms with Crippen molar-refractivity contribution in [2.24, 2.45) is 0 Å². The van der Waals surface area contributed by atoms with E-state index < -0.39 is 42.1 Å². The second-order valence-electron chi connectivity index (χ2n) is 3.91. The van der Waals surface area contributed by atoms with E-state index in [2.05, 4.69) is 0 Å². The predicted molar refractivity (Wildman–Crippen MR) is 55.5 cm³/mol. The van der Waals surface area contributed by atoms with Gasteiger partial charge in [-0.3, -0.25) is 9.78 Å². The molecule has 0 saturated carbocycles. The Kier molecular flexibility index (Phi) is 3.09. The molecule has 4 atom stereocenters. The lowest BCUT2D eigenvalue weighted by Crippen LogP contribution is -2.51. The van der Waals surface area contributed by atoms with Crippen LogP contribution in [0, 0.1) is 0 Å². The summed E-state index contributed by atoms with van der Waals surface area (Å²) in [6, 6.07) is 0.939. The minimum atomic E-state index is -2.55. The number of rotatable bonds is 2. The third-order valence-electron chi connectivity index (χ3n) is 2.76. The van der Waals surface area contributed by atoms with Gasteiger partial charge in [-0.1, -0.05) is 0 Å². The van der Waals surface area contributed by atoms with E-state index >= 15 is 0 Å². The van der Waals surface area contributed by atoms with Gasteiger partial charge in [-0.2, -0.15) is 0 Å². The van der Waals surface area contributed by atoms with Crippen molar-refractivity contribution in [2.45, 2.75) is 24.2 Å². The number of hydrogen-bond acceptors (Lipinski definition) is 7. The van der Waals surface area contributed by atoms with Crippen LogP contribution >= 0.6 is 0 Å². The SMILES string of the molecule is O=c1ccn([C@@]2(O)O[C@@H](CO)[C@H](O)[C@@H]2O)c(=O)[nH]1. The number of aliphatic hydroxyl groups is 4. The Morgan fingerprint density at radius 2 is 2.11 bits per heavy atom. The van der Waals surface area contributed by atoms with Gasteiger partial charge in [-0.25, -0.2) is 9.36 Å². The molecular weight excluding hydrogens is 248 g/mol. The van der Waals surface area contributed by atoms with Crippen molar-refractivity contribution in [1.29, 1.82) is 0 Å². The maximum absolute atomic E-state index is 11.5. The van der Waals surface area contributed by atoms with Gasteiger partial charge in [0, 0.05) is 12.3 Å². The van der Waals surface area contributed by atoms with Crippen LogP contribution in [0.25, 0.3) is 0 Å². The summed E-state index contributed by atoms with van der Waals surface area (Å²) in [5, 5.41) is 38.2. The van der Waals surface area contributed by atoms with Crippen LogP contribution in [0.15, 0.2) is 21.9 Å². The number of aromatic nitrogens is 2. The van der Waals surface area contributed by atoms with Crippen molar-refractivity contribution in [2.75, 3.05) is 6.61 Å². The zero-order valence-electron chi connectivity index (χ0n) is 9.05. The third kappa shape index (κ3) is 1.78. The molecule has 0 spiro atoms. The molecule has 9 heteroatoms. The minimum Gasteiger partial charge on any atom is -0.394 e. The van der Waals surface area contributed by atoms with E-state index in [0.29, 0.717) is 4.57 Å². The van der Waals surface area contributed by atoms with Gasteiger partial charge in [0.05, 0.1) is 6.61 Å². The van der Waals surface area contributed by atoms with Crippen LogP contribution in [0.3, 0.4) is 0 Å². The fourth-order valence-electron chi connectivity index (χ4n) is 1.80. The Balaban J connectivity index is 2.49. The molecule has 1 aromatic heterocycles. The zero-order valence-corrected chi connectivity index (χ0v) is 9.05. The van der Waals surface area contributed by atoms with E-state index in [4.69, 9.17) is 9.84 Å². The number of ether oxygens (including phenoxy) is 1. The highest BCUT2D eigenvalue weighted by Gasteiger charge is 2.55. The molecule has 0 bridgehead atoms. The average Bonchev–Trinajstić information content (AvgIpc) is 2.54. The number of nitrogens with one attached hydrogen (secondary N) is 1. The molecule has 0 aromatic carbocycles. The second kappa shape index (κ2) is 4.30. The Bertz CT molecular complexity index is 552. The quantitative estimate of drug-likeness (QED) is 0.367. The summed E-state index contributed by atoms with van der Waals surface area (Å²) < 4.78 is 5.40. The van der Waals surface area contributed by atoms with Crippen LogP contribution in [0.2, 0.25) is 0 Å². The standard InChI is InChI=1S/C9H12N2O7/c12-3-4-6(14)7(15)9(17,18-4)11-2-1-5(13)10-8(11)16/h1-2,4,6-7,12,14-15,17H,3H2,(H,10,13,16)/t4-,6-,7-,9-/m0/s1. The number of aliphatic hydroxyl groups excluding tert-OH is 3. The Morgan fingerprint density at radius 1 is 1.44 bits per heavy atom. The summed E-state index contributed by atoms with van der Waals surface area (Å²) in [6.45, 7) is -0.654. The first-order valence-corrected chi connectivity index (χ1v) is 5.10. The highest BCUT2D eigenvalue weighted by molar-refractivity contribution is 4.96. The van der Waals surface area contributed by atoms with Crippen molar-refractivity contribution in [3.05, 3.63) is 33.1 Å². The lowest BCUT2D eigenvalue weighted by atomic mass is 10.1. The van der Waals surface area contributed by atoms with Crippen molar-refractivity contribution in [3.8, 4) is 0 Å². The average molecular weight is 260 g/mol. The summed E-state index contributed by atoms with van der Waals surface area (Å²) in [7, 11) is 0. The predicted octanol–water partition coefficient (Wildman–Crippen LogP) is -3.75. The molecule has 9 nitrogen and oxygen atoms in total. The molecule has 0 radical (unpaired) electrons. The van der Waals surface area contributed by atoms with Crippen molar-refractivity contribution in [1.82, 2.24) is 9.55 Å². The molecule has 0 unspecified atom stereocenters. The Hall–Kier alpha value is -1.52. The van der Waals surface area contributed by atoms with Gasteiger partial charge in [-0.15, -0.1) is 0 Å². The number of H-pyrrole nitrogens is 1. The molecule has 1 fully saturated rings. The smallest absolute Gasteiger partial charge is 0.332 e. The first kappa shape index (κ1) is 12.9. The van der Waals surface area contributed by atoms with Crippen molar-refractivity contribution < 1.29 is 25.2 Å². The van der Waals surface area contributed by atoms with Crippen LogP contribution in [0.5, 0.6) is 0 Å². The van der Waals surface area contributed by atoms with Gasteiger partial charge >= 0.3 is 5.69 Å². The molecule has 1 aliphatic heterocycles. The largest absolute Gasteiger partial charge is 0.394 e. The molecule has 18 heavy (non-hydrogen) atoms. The monoisotopic (exact) mass is 260 g/mol. The summed E-state index contributed by atoms with van der Waals surface area (Å²) in [5.74, 6) is -2.55. The van der Waals surface area contributed by atoms with Crippen LogP contribution < -0.4 is 11.2 Å². The minimum absolute atomic E-state index is 0.526. The number of nitrogens with zero attached hydrogens (tertiary/aromatic N) is 1. The molecule has 2 rings (SSSR count). The van der Waals surface area contributed by atoms with E-state index in [0.717, 1.165) is 12.3 Å². The lowest BCUT2D eigenvalue weighted by Gasteiger charge is -2.27. The van der Waals surface area contributed by atoms with Gasteiger partial charge < -0.3 is 25.2 Å². The first-order chi connectivity index (χ1) is 8.40. The molecule has 2 heterocycles. The molecular formula is C9H12N2O7. The van der Waals surface area contributed by atoms with Gasteiger partial charge in [-0.05, 0) is 0 Å². The highest BCUT2D eigenvalue weighted by Crippen LogP contribution is 2.31. The van der Waals surface area contributed by atoms with Crippen molar-refractivity contribution in [3.63, 3.8) is 0 Å². The van der Waals surface area contributed by atoms with Gasteiger partial charge in [0.2, 0.25) is 0 Å². The molecule has 100 valence electrons. The maximum atomic E-state index is 11.5. The van der Waals surface area contributed by atoms with E-state index in [9.17, 15) is 24.9 Å². The van der Waals surface area contributed by atoms with Crippen LogP contribution in [0.1, 0.15) is 0 Å².